The number of hydrogen-bond acceptors (Lipinski definition) is 3. The third-order valence-corrected chi connectivity index (χ3v) is 2.91. The van der Waals surface area contributed by atoms with Gasteiger partial charge in [0.15, 0.2) is 5.17 Å². The Morgan fingerprint density at radius 1 is 1.57 bits per heavy atom. The van der Waals surface area contributed by atoms with Gasteiger partial charge in [-0.1, -0.05) is 17.8 Å². The number of nitrogens with zero attached hydrogens (tertiary/aromatic N) is 1. The fourth-order valence-corrected chi connectivity index (χ4v) is 1.74. The lowest BCUT2D eigenvalue weighted by atomic mass is 10.1. The molecule has 1 aromatic rings. The van der Waals surface area contributed by atoms with Crippen LogP contribution in [0.3, 0.4) is 0 Å². The van der Waals surface area contributed by atoms with Gasteiger partial charge in [-0.25, -0.2) is 0 Å². The first kappa shape index (κ1) is 10.6. The average molecular weight is 205 g/mol. The zero-order valence-electron chi connectivity index (χ0n) is 8.09. The first-order valence-electron chi connectivity index (χ1n) is 4.13. The van der Waals surface area contributed by atoms with E-state index in [1.165, 1.54) is 11.8 Å². The number of rotatable bonds is 1. The lowest BCUT2D eigenvalue weighted by Crippen LogP contribution is -2.12. The summed E-state index contributed by atoms with van der Waals surface area (Å²) in [5.41, 5.74) is 1.60. The normalized spacial score (nSPS) is 9.21. The van der Waals surface area contributed by atoms with Gasteiger partial charge >= 0.3 is 0 Å². The maximum atomic E-state index is 8.81. The lowest BCUT2D eigenvalue weighted by Gasteiger charge is -2.06. The monoisotopic (exact) mass is 205 g/mol. The summed E-state index contributed by atoms with van der Waals surface area (Å²) in [5, 5.41) is 19.4. The standard InChI is InChI=1S/C10H11N3S/c1-7-8(6-11)4-3-5-9(7)14-10(12)13-2/h3-5H,1-2H3,(H2,12,13). The number of benzene rings is 1. The van der Waals surface area contributed by atoms with Crippen LogP contribution in [0.4, 0.5) is 0 Å². The lowest BCUT2D eigenvalue weighted by molar-refractivity contribution is 1.18. The molecule has 0 saturated carbocycles. The van der Waals surface area contributed by atoms with Crippen LogP contribution in [-0.2, 0) is 0 Å². The summed E-state index contributed by atoms with van der Waals surface area (Å²) in [6.07, 6.45) is 0. The van der Waals surface area contributed by atoms with Crippen molar-refractivity contribution in [2.45, 2.75) is 11.8 Å². The summed E-state index contributed by atoms with van der Waals surface area (Å²) < 4.78 is 0. The van der Waals surface area contributed by atoms with Gasteiger partial charge in [-0.05, 0) is 24.6 Å². The summed E-state index contributed by atoms with van der Waals surface area (Å²) >= 11 is 1.32. The van der Waals surface area contributed by atoms with E-state index in [1.807, 2.05) is 19.1 Å². The van der Waals surface area contributed by atoms with Crippen molar-refractivity contribution < 1.29 is 0 Å². The minimum absolute atomic E-state index is 0.378. The summed E-state index contributed by atoms with van der Waals surface area (Å²) in [6.45, 7) is 1.89. The molecule has 72 valence electrons. The minimum atomic E-state index is 0.378. The molecule has 0 heterocycles. The molecule has 0 spiro atoms. The van der Waals surface area contributed by atoms with Gasteiger partial charge < -0.3 is 5.32 Å². The van der Waals surface area contributed by atoms with E-state index < -0.39 is 0 Å². The molecule has 3 nitrogen and oxygen atoms in total. The molecule has 0 bridgehead atoms. The molecule has 0 fully saturated rings. The van der Waals surface area contributed by atoms with Crippen LogP contribution in [0.1, 0.15) is 11.1 Å². The highest BCUT2D eigenvalue weighted by Gasteiger charge is 2.05. The van der Waals surface area contributed by atoms with Crippen molar-refractivity contribution in [3.05, 3.63) is 29.3 Å². The summed E-state index contributed by atoms with van der Waals surface area (Å²) in [7, 11) is 1.71. The highest BCUT2D eigenvalue weighted by molar-refractivity contribution is 8.13. The number of nitriles is 1. The molecule has 4 heteroatoms. The summed E-state index contributed by atoms with van der Waals surface area (Å²) in [5.74, 6) is 0. The molecule has 0 radical (unpaired) electrons. The van der Waals surface area contributed by atoms with Crippen molar-refractivity contribution >= 4 is 16.9 Å². The Balaban J connectivity index is 2.99. The first-order valence-corrected chi connectivity index (χ1v) is 4.94. The van der Waals surface area contributed by atoms with E-state index in [2.05, 4.69) is 11.4 Å². The van der Waals surface area contributed by atoms with Gasteiger partial charge in [0.1, 0.15) is 0 Å². The molecular formula is C10H11N3S. The Hall–Kier alpha value is -1.47. The molecule has 0 saturated heterocycles. The molecule has 2 N–H and O–H groups in total. The molecule has 1 rings (SSSR count). The molecule has 0 aromatic heterocycles. The Morgan fingerprint density at radius 3 is 2.86 bits per heavy atom. The fraction of sp³-hybridized carbons (Fsp3) is 0.200. The topological polar surface area (TPSA) is 59.7 Å². The van der Waals surface area contributed by atoms with Crippen LogP contribution < -0.4 is 5.32 Å². The number of amidine groups is 1. The van der Waals surface area contributed by atoms with E-state index in [-0.39, 0.29) is 0 Å². The Labute approximate surface area is 87.6 Å². The van der Waals surface area contributed by atoms with Crippen LogP contribution in [0, 0.1) is 23.7 Å². The van der Waals surface area contributed by atoms with Crippen molar-refractivity contribution in [1.82, 2.24) is 5.32 Å². The van der Waals surface area contributed by atoms with Crippen LogP contribution in [0.5, 0.6) is 0 Å². The largest absolute Gasteiger partial charge is 0.368 e. The Morgan fingerprint density at radius 2 is 2.29 bits per heavy atom. The summed E-state index contributed by atoms with van der Waals surface area (Å²) in [4.78, 5) is 0.948. The van der Waals surface area contributed by atoms with E-state index in [0.29, 0.717) is 10.7 Å². The smallest absolute Gasteiger partial charge is 0.158 e. The van der Waals surface area contributed by atoms with Crippen LogP contribution in [0.15, 0.2) is 23.1 Å². The predicted molar refractivity (Wildman–Crippen MR) is 58.5 cm³/mol. The molecule has 14 heavy (non-hydrogen) atoms. The molecule has 0 amide bonds. The second-order valence-corrected chi connectivity index (χ2v) is 3.77. The molecule has 0 aliphatic rings. The number of thioether (sulfide) groups is 1. The van der Waals surface area contributed by atoms with Gasteiger partial charge in [0.2, 0.25) is 0 Å². The van der Waals surface area contributed by atoms with Gasteiger partial charge in [-0.15, -0.1) is 0 Å². The van der Waals surface area contributed by atoms with Gasteiger partial charge in [-0.2, -0.15) is 5.26 Å². The molecule has 0 unspecified atom stereocenters. The van der Waals surface area contributed by atoms with Crippen molar-refractivity contribution in [3.8, 4) is 6.07 Å². The SMILES string of the molecule is CNC(=N)Sc1cccc(C#N)c1C. The van der Waals surface area contributed by atoms with E-state index in [1.54, 1.807) is 13.1 Å². The average Bonchev–Trinajstić information content (AvgIpc) is 2.21. The van der Waals surface area contributed by atoms with Crippen LogP contribution in [0.25, 0.3) is 0 Å². The van der Waals surface area contributed by atoms with Gasteiger partial charge in [-0.3, -0.25) is 5.41 Å². The third-order valence-electron chi connectivity index (χ3n) is 1.84. The molecule has 0 aliphatic carbocycles. The number of nitrogens with one attached hydrogen (secondary N) is 2. The first-order chi connectivity index (χ1) is 6.69. The van der Waals surface area contributed by atoms with Crippen molar-refractivity contribution in [2.24, 2.45) is 0 Å². The highest BCUT2D eigenvalue weighted by Crippen LogP contribution is 2.24. The molecule has 0 atom stereocenters. The van der Waals surface area contributed by atoms with E-state index in [9.17, 15) is 0 Å². The molecule has 0 aliphatic heterocycles. The van der Waals surface area contributed by atoms with E-state index in [0.717, 1.165) is 10.5 Å². The van der Waals surface area contributed by atoms with Crippen molar-refractivity contribution in [3.63, 3.8) is 0 Å². The van der Waals surface area contributed by atoms with Crippen LogP contribution in [-0.4, -0.2) is 12.2 Å². The van der Waals surface area contributed by atoms with E-state index in [4.69, 9.17) is 10.7 Å². The van der Waals surface area contributed by atoms with Gasteiger partial charge in [0.25, 0.3) is 0 Å². The Kier molecular flexibility index (Phi) is 3.55. The quantitative estimate of drug-likeness (QED) is 0.419. The molecule has 1 aromatic carbocycles. The zero-order chi connectivity index (χ0) is 10.6. The van der Waals surface area contributed by atoms with E-state index >= 15 is 0 Å². The molecular weight excluding hydrogens is 194 g/mol. The van der Waals surface area contributed by atoms with Gasteiger partial charge in [0.05, 0.1) is 11.6 Å². The predicted octanol–water partition coefficient (Wildman–Crippen LogP) is 2.11. The van der Waals surface area contributed by atoms with Crippen LogP contribution >= 0.6 is 11.8 Å². The van der Waals surface area contributed by atoms with Crippen LogP contribution in [0.2, 0.25) is 0 Å². The minimum Gasteiger partial charge on any atom is -0.368 e. The second kappa shape index (κ2) is 4.68. The third kappa shape index (κ3) is 2.27. The summed E-state index contributed by atoms with van der Waals surface area (Å²) in [6, 6.07) is 7.64. The zero-order valence-corrected chi connectivity index (χ0v) is 8.90. The Bertz CT molecular complexity index is 393. The highest BCUT2D eigenvalue weighted by atomic mass is 32.2. The maximum Gasteiger partial charge on any atom is 0.158 e. The van der Waals surface area contributed by atoms with Crippen molar-refractivity contribution in [2.75, 3.05) is 7.05 Å². The van der Waals surface area contributed by atoms with Crippen molar-refractivity contribution in [1.29, 1.82) is 10.7 Å². The van der Waals surface area contributed by atoms with Gasteiger partial charge in [0, 0.05) is 11.9 Å². The number of hydrogen-bond donors (Lipinski definition) is 2. The fourth-order valence-electron chi connectivity index (χ4n) is 1.01. The maximum absolute atomic E-state index is 8.81. The second-order valence-electron chi connectivity index (χ2n) is 2.72.